The number of alkyl halides is 5. The first-order valence-corrected chi connectivity index (χ1v) is 26.4. The van der Waals surface area contributed by atoms with Crippen LogP contribution in [0, 0.1) is 13.8 Å². The molecule has 0 atom stereocenters. The predicted octanol–water partition coefficient (Wildman–Crippen LogP) is 8.93. The van der Waals surface area contributed by atoms with Gasteiger partial charge in [0.05, 0.1) is 57.5 Å². The summed E-state index contributed by atoms with van der Waals surface area (Å²) in [6.07, 6.45) is 1.28. The lowest BCUT2D eigenvalue weighted by Crippen LogP contribution is -2.49. The Labute approximate surface area is 409 Å². The summed E-state index contributed by atoms with van der Waals surface area (Å²) in [7, 11) is -7.37. The van der Waals surface area contributed by atoms with E-state index in [1.54, 1.807) is 36.4 Å². The number of nitrogens with zero attached hydrogens (tertiary/aromatic N) is 9. The molecule has 71 heavy (non-hydrogen) atoms. The third kappa shape index (κ3) is 12.6. The van der Waals surface area contributed by atoms with Gasteiger partial charge in [-0.3, -0.25) is 18.6 Å². The molecule has 0 spiro atoms. The lowest BCUT2D eigenvalue weighted by atomic mass is 9.91. The third-order valence-corrected chi connectivity index (χ3v) is 17.5. The van der Waals surface area contributed by atoms with Crippen LogP contribution in [-0.2, 0) is 33.1 Å². The molecular formula is C48H55F5N10O6S2. The van der Waals surface area contributed by atoms with Gasteiger partial charge in [0, 0.05) is 18.4 Å². The number of aromatic nitrogens is 6. The smallest absolute Gasteiger partial charge is 0.314 e. The molecule has 380 valence electrons. The molecule has 0 radical (unpaired) electrons. The number of sulfonamides is 2. The molecule has 3 fully saturated rings. The van der Waals surface area contributed by atoms with Crippen molar-refractivity contribution >= 4 is 31.4 Å². The Bertz CT molecular complexity index is 2910. The van der Waals surface area contributed by atoms with E-state index in [9.17, 15) is 38.8 Å². The summed E-state index contributed by atoms with van der Waals surface area (Å²) < 4.78 is 132. The molecule has 1 aliphatic carbocycles. The second-order valence-corrected chi connectivity index (χ2v) is 22.2. The summed E-state index contributed by atoms with van der Waals surface area (Å²) >= 11 is 0. The SMILES string of the molecule is Cc1cccc(N(Cc2ccc(-c3nnc(C(F)F)o3)cn2)S(=O)(=O)C2CCN(C3CCC(F)CC3)CC2)c1.Cc1cccc(N(Cc2ccc(-c3nnc(C(F)F)o3)cn2)S(=O)(=O)C2CCNCC2)c1. The topological polar surface area (TPSA) is 194 Å². The van der Waals surface area contributed by atoms with Crippen molar-refractivity contribution in [3.05, 3.63) is 119 Å². The summed E-state index contributed by atoms with van der Waals surface area (Å²) in [5, 5.41) is 16.1. The molecule has 0 amide bonds. The fourth-order valence-electron chi connectivity index (χ4n) is 9.08. The van der Waals surface area contributed by atoms with Gasteiger partial charge in [0.15, 0.2) is 0 Å². The van der Waals surface area contributed by atoms with Crippen LogP contribution < -0.4 is 13.9 Å². The molecule has 2 aromatic carbocycles. The normalized spacial score (nSPS) is 18.6. The van der Waals surface area contributed by atoms with Crippen molar-refractivity contribution in [1.82, 2.24) is 40.6 Å². The molecule has 9 rings (SSSR count). The maximum Gasteiger partial charge on any atom is 0.314 e. The van der Waals surface area contributed by atoms with E-state index in [0.29, 0.717) is 105 Å². The summed E-state index contributed by atoms with van der Waals surface area (Å²) in [6, 6.07) is 21.4. The Kier molecular flexibility index (Phi) is 16.4. The van der Waals surface area contributed by atoms with E-state index in [-0.39, 0.29) is 24.9 Å². The van der Waals surface area contributed by atoms with E-state index in [4.69, 9.17) is 8.83 Å². The number of anilines is 2. The predicted molar refractivity (Wildman–Crippen MR) is 255 cm³/mol. The number of nitrogens with one attached hydrogen (secondary N) is 1. The highest BCUT2D eigenvalue weighted by atomic mass is 32.2. The van der Waals surface area contributed by atoms with Gasteiger partial charge in [-0.1, -0.05) is 24.3 Å². The molecule has 3 aliphatic rings. The van der Waals surface area contributed by atoms with Gasteiger partial charge in [-0.05, 0) is 151 Å². The first-order chi connectivity index (χ1) is 34.0. The summed E-state index contributed by atoms with van der Waals surface area (Å²) in [5.41, 5.74) is 4.73. The van der Waals surface area contributed by atoms with Crippen LogP contribution in [0.4, 0.5) is 33.3 Å². The fraction of sp³-hybridized carbons (Fsp3) is 0.458. The maximum atomic E-state index is 14.0. The number of benzene rings is 2. The van der Waals surface area contributed by atoms with Crippen LogP contribution in [0.1, 0.15) is 98.5 Å². The Morgan fingerprint density at radius 1 is 0.620 bits per heavy atom. The number of hydrogen-bond donors (Lipinski definition) is 1. The summed E-state index contributed by atoms with van der Waals surface area (Å²) in [4.78, 5) is 11.0. The van der Waals surface area contributed by atoms with Crippen molar-refractivity contribution in [2.45, 2.75) is 114 Å². The zero-order valence-electron chi connectivity index (χ0n) is 39.1. The Morgan fingerprint density at radius 2 is 1.07 bits per heavy atom. The lowest BCUT2D eigenvalue weighted by Gasteiger charge is -2.40. The zero-order valence-corrected chi connectivity index (χ0v) is 40.8. The minimum atomic E-state index is -3.74. The Balaban J connectivity index is 0.000000194. The van der Waals surface area contributed by atoms with Crippen molar-refractivity contribution in [2.75, 3.05) is 34.8 Å². The van der Waals surface area contributed by atoms with Gasteiger partial charge in [-0.25, -0.2) is 21.2 Å². The highest BCUT2D eigenvalue weighted by Crippen LogP contribution is 2.33. The largest absolute Gasteiger partial charge is 0.415 e. The van der Waals surface area contributed by atoms with Crippen molar-refractivity contribution in [2.24, 2.45) is 0 Å². The number of rotatable bonds is 15. The van der Waals surface area contributed by atoms with Gasteiger partial charge < -0.3 is 19.1 Å². The second kappa shape index (κ2) is 22.7. The number of aryl methyl sites for hydroxylation is 2. The summed E-state index contributed by atoms with van der Waals surface area (Å²) in [6.45, 7) is 6.53. The lowest BCUT2D eigenvalue weighted by molar-refractivity contribution is 0.103. The first kappa shape index (κ1) is 51.4. The van der Waals surface area contributed by atoms with E-state index < -0.39 is 61.4 Å². The number of pyridine rings is 2. The highest BCUT2D eigenvalue weighted by molar-refractivity contribution is 7.93. The van der Waals surface area contributed by atoms with Crippen LogP contribution in [-0.4, -0.2) is 101 Å². The number of likely N-dealkylation sites (tertiary alicyclic amines) is 1. The zero-order chi connectivity index (χ0) is 50.3. The molecule has 2 aliphatic heterocycles. The molecule has 6 heterocycles. The number of hydrogen-bond acceptors (Lipinski definition) is 14. The average molecular weight is 1030 g/mol. The quantitative estimate of drug-likeness (QED) is 0.0958. The third-order valence-electron chi connectivity index (χ3n) is 13.0. The Hall–Kier alpha value is -5.91. The molecule has 0 bridgehead atoms. The number of halogens is 5. The van der Waals surface area contributed by atoms with Gasteiger partial charge in [-0.15, -0.1) is 20.4 Å². The maximum absolute atomic E-state index is 14.0. The standard InChI is InChI=1S/C27H32F3N5O3S.C21H23F2N5O3S/c1-18-3-2-4-23(15-18)35(17-21-8-5-19(16-31-21)26-32-33-27(38-26)25(29)30)39(36,37)24-11-13-34(14-12-24)22-9-6-20(28)7-10-22;1-14-3-2-4-17(11-14)28(32(29,30)18-7-9-24-10-8-18)13-16-6-5-15(12-25-16)20-26-27-21(31-20)19(22)23/h2-5,8,15-16,20,22,24-25H,6-7,9-14,17H2,1H3;2-6,11-12,18-19,24H,7-10,13H2,1H3. The van der Waals surface area contributed by atoms with Gasteiger partial charge in [0.2, 0.25) is 31.8 Å². The Morgan fingerprint density at radius 3 is 1.46 bits per heavy atom. The molecule has 4 aromatic heterocycles. The first-order valence-electron chi connectivity index (χ1n) is 23.4. The van der Waals surface area contributed by atoms with Gasteiger partial charge >= 0.3 is 12.9 Å². The van der Waals surface area contributed by atoms with E-state index in [2.05, 4.69) is 40.6 Å². The van der Waals surface area contributed by atoms with E-state index in [1.807, 2.05) is 50.2 Å². The van der Waals surface area contributed by atoms with Crippen LogP contribution in [0.2, 0.25) is 0 Å². The van der Waals surface area contributed by atoms with E-state index in [0.717, 1.165) is 24.0 Å². The highest BCUT2D eigenvalue weighted by Gasteiger charge is 2.38. The minimum Gasteiger partial charge on any atom is -0.415 e. The second-order valence-electron chi connectivity index (χ2n) is 17.9. The van der Waals surface area contributed by atoms with Crippen molar-refractivity contribution in [3.8, 4) is 22.9 Å². The minimum absolute atomic E-state index is 0.0128. The van der Waals surface area contributed by atoms with Gasteiger partial charge in [-0.2, -0.15) is 17.6 Å². The number of piperidine rings is 2. The van der Waals surface area contributed by atoms with Crippen LogP contribution in [0.25, 0.3) is 22.9 Å². The average Bonchev–Trinajstić information content (AvgIpc) is 4.09. The van der Waals surface area contributed by atoms with Crippen molar-refractivity contribution in [1.29, 1.82) is 0 Å². The van der Waals surface area contributed by atoms with Crippen molar-refractivity contribution < 1.29 is 47.6 Å². The molecule has 1 N–H and O–H groups in total. The molecule has 1 saturated carbocycles. The van der Waals surface area contributed by atoms with Crippen molar-refractivity contribution in [3.63, 3.8) is 0 Å². The van der Waals surface area contributed by atoms with Crippen LogP contribution in [0.15, 0.2) is 94.0 Å². The molecule has 2 saturated heterocycles. The summed E-state index contributed by atoms with van der Waals surface area (Å²) in [5.74, 6) is -1.69. The molecule has 16 nitrogen and oxygen atoms in total. The molecule has 23 heteroatoms. The molecular weight excluding hydrogens is 972 g/mol. The monoisotopic (exact) mass is 1030 g/mol. The van der Waals surface area contributed by atoms with Gasteiger partial charge in [0.25, 0.3) is 11.8 Å². The van der Waals surface area contributed by atoms with Crippen LogP contribution in [0.3, 0.4) is 0 Å². The van der Waals surface area contributed by atoms with Crippen LogP contribution in [0.5, 0.6) is 0 Å². The van der Waals surface area contributed by atoms with Crippen LogP contribution >= 0.6 is 0 Å². The van der Waals surface area contributed by atoms with E-state index in [1.165, 1.54) is 21.0 Å². The molecule has 6 aromatic rings. The fourth-order valence-corrected chi connectivity index (χ4v) is 12.9. The molecule has 0 unspecified atom stereocenters. The van der Waals surface area contributed by atoms with Gasteiger partial charge in [0.1, 0.15) is 6.17 Å². The van der Waals surface area contributed by atoms with E-state index >= 15 is 0 Å².